The van der Waals surface area contributed by atoms with Crippen molar-refractivity contribution in [3.8, 4) is 5.69 Å². The third-order valence-corrected chi connectivity index (χ3v) is 4.66. The zero-order valence-electron chi connectivity index (χ0n) is 15.3. The summed E-state index contributed by atoms with van der Waals surface area (Å²) in [6, 6.07) is 7.79. The Bertz CT molecular complexity index is 842. The van der Waals surface area contributed by atoms with E-state index in [4.69, 9.17) is 9.90 Å². The molecule has 0 aliphatic carbocycles. The van der Waals surface area contributed by atoms with Crippen molar-refractivity contribution in [2.24, 2.45) is 5.92 Å². The molecule has 1 aliphatic rings. The molecule has 2 unspecified atom stereocenters. The molecule has 1 amide bonds. The average molecular weight is 478 g/mol. The summed E-state index contributed by atoms with van der Waals surface area (Å²) >= 11 is 3.39. The van der Waals surface area contributed by atoms with E-state index in [-0.39, 0.29) is 11.9 Å². The molecule has 3 rings (SSSR count). The first-order chi connectivity index (χ1) is 13.6. The van der Waals surface area contributed by atoms with E-state index < -0.39 is 12.1 Å². The number of carbonyl (C=O) groups is 2. The fraction of sp³-hybridized carbons (Fsp3) is 0.412. The van der Waals surface area contributed by atoms with Crippen LogP contribution in [0.4, 0.5) is 13.2 Å². The van der Waals surface area contributed by atoms with E-state index in [1.807, 2.05) is 24.3 Å². The van der Waals surface area contributed by atoms with Crippen LogP contribution in [0.15, 0.2) is 34.9 Å². The van der Waals surface area contributed by atoms with Gasteiger partial charge in [0, 0.05) is 10.5 Å². The maximum atomic E-state index is 12.3. The van der Waals surface area contributed by atoms with Gasteiger partial charge in [0.2, 0.25) is 0 Å². The number of piperidine rings is 1. The normalized spacial score (nSPS) is 19.1. The molecule has 2 aromatic rings. The fourth-order valence-corrected chi connectivity index (χ4v) is 2.80. The van der Waals surface area contributed by atoms with Crippen LogP contribution in [0, 0.1) is 5.92 Å². The highest BCUT2D eigenvalue weighted by atomic mass is 79.9. The molecule has 158 valence electrons. The number of hydrogen-bond donors (Lipinski definition) is 3. The number of benzene rings is 1. The summed E-state index contributed by atoms with van der Waals surface area (Å²) < 4.78 is 32.7. The molecule has 1 aromatic carbocycles. The van der Waals surface area contributed by atoms with Crippen LogP contribution in [-0.2, 0) is 4.79 Å². The predicted octanol–water partition coefficient (Wildman–Crippen LogP) is 2.39. The topological polar surface area (TPSA) is 109 Å². The molecule has 2 heterocycles. The molecule has 0 spiro atoms. The Balaban J connectivity index is 0.000000370. The Morgan fingerprint density at radius 2 is 1.93 bits per heavy atom. The molecule has 1 aromatic heterocycles. The number of nitrogens with zero attached hydrogens (tertiary/aromatic N) is 3. The molecule has 0 radical (unpaired) electrons. The van der Waals surface area contributed by atoms with Crippen LogP contribution < -0.4 is 10.6 Å². The van der Waals surface area contributed by atoms with E-state index >= 15 is 0 Å². The Hall–Kier alpha value is -2.47. The number of hydrogen-bond acceptors (Lipinski definition) is 5. The standard InChI is InChI=1S/C15H18BrN5O.C2HF3O2/c1-10-8-17-7-6-13(10)19-15(22)14-9-18-21(20-14)12-4-2-11(16)3-5-12;3-2(4,5)1(6)7/h2-5,9-10,13,17H,6-8H2,1H3,(H,19,22);(H,6,7). The van der Waals surface area contributed by atoms with Crippen molar-refractivity contribution in [3.63, 3.8) is 0 Å². The highest BCUT2D eigenvalue weighted by Gasteiger charge is 2.38. The number of amides is 1. The highest BCUT2D eigenvalue weighted by molar-refractivity contribution is 9.10. The summed E-state index contributed by atoms with van der Waals surface area (Å²) in [6.07, 6.45) is -2.64. The second kappa shape index (κ2) is 9.83. The zero-order valence-corrected chi connectivity index (χ0v) is 16.9. The van der Waals surface area contributed by atoms with Gasteiger partial charge in [-0.2, -0.15) is 23.1 Å². The molecule has 2 atom stereocenters. The predicted molar refractivity (Wildman–Crippen MR) is 101 cm³/mol. The van der Waals surface area contributed by atoms with Crippen LogP contribution in [0.2, 0.25) is 0 Å². The maximum absolute atomic E-state index is 12.3. The minimum atomic E-state index is -5.08. The summed E-state index contributed by atoms with van der Waals surface area (Å²) in [5, 5.41) is 21.9. The SMILES string of the molecule is CC1CNCCC1NC(=O)c1cnn(-c2ccc(Br)cc2)n1.O=C(O)C(F)(F)F. The summed E-state index contributed by atoms with van der Waals surface area (Å²) in [7, 11) is 0. The van der Waals surface area contributed by atoms with E-state index in [0.29, 0.717) is 11.6 Å². The van der Waals surface area contributed by atoms with Gasteiger partial charge in [0.05, 0.1) is 11.9 Å². The first kappa shape index (κ1) is 22.8. The number of nitrogens with one attached hydrogen (secondary N) is 2. The first-order valence-electron chi connectivity index (χ1n) is 8.58. The number of rotatable bonds is 3. The molecular weight excluding hydrogens is 459 g/mol. The number of alkyl halides is 3. The molecule has 12 heteroatoms. The van der Waals surface area contributed by atoms with E-state index in [0.717, 1.165) is 29.7 Å². The lowest BCUT2D eigenvalue weighted by Gasteiger charge is -2.29. The summed E-state index contributed by atoms with van der Waals surface area (Å²) in [5.74, 6) is -2.51. The lowest BCUT2D eigenvalue weighted by molar-refractivity contribution is -0.192. The van der Waals surface area contributed by atoms with E-state index in [2.05, 4.69) is 43.7 Å². The lowest BCUT2D eigenvalue weighted by atomic mass is 9.95. The van der Waals surface area contributed by atoms with Crippen molar-refractivity contribution < 1.29 is 27.9 Å². The van der Waals surface area contributed by atoms with Crippen LogP contribution >= 0.6 is 15.9 Å². The molecule has 0 bridgehead atoms. The molecule has 3 N–H and O–H groups in total. The largest absolute Gasteiger partial charge is 0.490 e. The van der Waals surface area contributed by atoms with Crippen LogP contribution in [0.1, 0.15) is 23.8 Å². The molecular formula is C17H19BrF3N5O3. The van der Waals surface area contributed by atoms with Crippen molar-refractivity contribution in [3.05, 3.63) is 40.6 Å². The Morgan fingerprint density at radius 3 is 2.48 bits per heavy atom. The minimum Gasteiger partial charge on any atom is -0.475 e. The van der Waals surface area contributed by atoms with Crippen molar-refractivity contribution >= 4 is 27.8 Å². The molecule has 1 fully saturated rings. The summed E-state index contributed by atoms with van der Waals surface area (Å²) in [5.41, 5.74) is 1.16. The number of aromatic nitrogens is 3. The molecule has 1 aliphatic heterocycles. The Morgan fingerprint density at radius 1 is 1.31 bits per heavy atom. The van der Waals surface area contributed by atoms with Crippen LogP contribution in [0.25, 0.3) is 5.69 Å². The minimum absolute atomic E-state index is 0.165. The van der Waals surface area contributed by atoms with Crippen molar-refractivity contribution in [1.29, 1.82) is 0 Å². The average Bonchev–Trinajstić information content (AvgIpc) is 3.14. The lowest BCUT2D eigenvalue weighted by Crippen LogP contribution is -2.48. The molecule has 29 heavy (non-hydrogen) atoms. The van der Waals surface area contributed by atoms with Crippen LogP contribution in [0.3, 0.4) is 0 Å². The second-order valence-electron chi connectivity index (χ2n) is 6.35. The Labute approximate surface area is 172 Å². The quantitative estimate of drug-likeness (QED) is 0.626. The number of aliphatic carboxylic acids is 1. The van der Waals surface area contributed by atoms with Gasteiger partial charge in [0.15, 0.2) is 5.69 Å². The van der Waals surface area contributed by atoms with Crippen molar-refractivity contribution in [2.45, 2.75) is 25.6 Å². The van der Waals surface area contributed by atoms with Crippen molar-refractivity contribution in [1.82, 2.24) is 25.6 Å². The number of carbonyl (C=O) groups excluding carboxylic acids is 1. The highest BCUT2D eigenvalue weighted by Crippen LogP contribution is 2.14. The molecule has 0 saturated carbocycles. The van der Waals surface area contributed by atoms with Gasteiger partial charge in [-0.3, -0.25) is 4.79 Å². The third-order valence-electron chi connectivity index (χ3n) is 4.13. The van der Waals surface area contributed by atoms with Gasteiger partial charge in [-0.1, -0.05) is 22.9 Å². The second-order valence-corrected chi connectivity index (χ2v) is 7.26. The van der Waals surface area contributed by atoms with Gasteiger partial charge in [-0.15, -0.1) is 5.10 Å². The van der Waals surface area contributed by atoms with Crippen molar-refractivity contribution in [2.75, 3.05) is 13.1 Å². The van der Waals surface area contributed by atoms with Gasteiger partial charge < -0.3 is 15.7 Å². The summed E-state index contributed by atoms with van der Waals surface area (Å²) in [6.45, 7) is 3.99. The molecule has 8 nitrogen and oxygen atoms in total. The number of carboxylic acid groups (broad SMARTS) is 1. The Kier molecular flexibility index (Phi) is 7.73. The fourth-order valence-electron chi connectivity index (χ4n) is 2.54. The van der Waals surface area contributed by atoms with Gasteiger partial charge in [-0.05, 0) is 49.7 Å². The van der Waals surface area contributed by atoms with Gasteiger partial charge in [-0.25, -0.2) is 4.79 Å². The van der Waals surface area contributed by atoms with Gasteiger partial charge >= 0.3 is 12.1 Å². The van der Waals surface area contributed by atoms with E-state index in [1.54, 1.807) is 0 Å². The number of halogens is 4. The smallest absolute Gasteiger partial charge is 0.475 e. The number of carboxylic acids is 1. The van der Waals surface area contributed by atoms with E-state index in [1.165, 1.54) is 11.0 Å². The van der Waals surface area contributed by atoms with Crippen LogP contribution in [0.5, 0.6) is 0 Å². The van der Waals surface area contributed by atoms with Gasteiger partial charge in [0.1, 0.15) is 0 Å². The summed E-state index contributed by atoms with van der Waals surface area (Å²) in [4.78, 5) is 22.7. The monoisotopic (exact) mass is 477 g/mol. The third kappa shape index (κ3) is 6.82. The maximum Gasteiger partial charge on any atom is 0.490 e. The van der Waals surface area contributed by atoms with Crippen LogP contribution in [-0.4, -0.2) is 57.3 Å². The zero-order chi connectivity index (χ0) is 21.6. The first-order valence-corrected chi connectivity index (χ1v) is 9.37. The molecule has 1 saturated heterocycles. The van der Waals surface area contributed by atoms with Gasteiger partial charge in [0.25, 0.3) is 5.91 Å². The van der Waals surface area contributed by atoms with E-state index in [9.17, 15) is 18.0 Å².